The second kappa shape index (κ2) is 4.73. The molecule has 1 rings (SSSR count). The lowest BCUT2D eigenvalue weighted by Crippen LogP contribution is -2.18. The second-order valence-corrected chi connectivity index (χ2v) is 3.57. The molecule has 1 atom stereocenters. The Bertz CT molecular complexity index is 330. The zero-order chi connectivity index (χ0) is 10.7. The Morgan fingerprint density at radius 3 is 2.79 bits per heavy atom. The van der Waals surface area contributed by atoms with Crippen LogP contribution in [0.4, 0.5) is 4.39 Å². The SMILES string of the molecule is CNCC(O)c1c(C)ccc(Cl)c1F. The highest BCUT2D eigenvalue weighted by molar-refractivity contribution is 6.30. The minimum Gasteiger partial charge on any atom is -0.387 e. The number of hydrogen-bond acceptors (Lipinski definition) is 2. The summed E-state index contributed by atoms with van der Waals surface area (Å²) in [4.78, 5) is 0. The zero-order valence-corrected chi connectivity index (χ0v) is 8.90. The van der Waals surface area contributed by atoms with Crippen LogP contribution in [0.5, 0.6) is 0 Å². The molecule has 0 saturated carbocycles. The smallest absolute Gasteiger partial charge is 0.147 e. The van der Waals surface area contributed by atoms with Crippen LogP contribution in [-0.4, -0.2) is 18.7 Å². The van der Waals surface area contributed by atoms with E-state index in [0.29, 0.717) is 12.1 Å². The summed E-state index contributed by atoms with van der Waals surface area (Å²) in [6, 6.07) is 3.18. The fourth-order valence-electron chi connectivity index (χ4n) is 1.37. The van der Waals surface area contributed by atoms with Gasteiger partial charge in [-0.15, -0.1) is 0 Å². The van der Waals surface area contributed by atoms with E-state index in [9.17, 15) is 9.50 Å². The molecule has 1 aromatic rings. The van der Waals surface area contributed by atoms with Crippen LogP contribution in [0, 0.1) is 12.7 Å². The third kappa shape index (κ3) is 2.23. The Morgan fingerprint density at radius 2 is 2.21 bits per heavy atom. The largest absolute Gasteiger partial charge is 0.387 e. The first-order chi connectivity index (χ1) is 6.57. The number of aliphatic hydroxyl groups is 1. The van der Waals surface area contributed by atoms with Gasteiger partial charge in [-0.25, -0.2) is 4.39 Å². The monoisotopic (exact) mass is 217 g/mol. The van der Waals surface area contributed by atoms with E-state index in [1.54, 1.807) is 20.0 Å². The number of halogens is 2. The normalized spacial score (nSPS) is 12.9. The van der Waals surface area contributed by atoms with Gasteiger partial charge in [-0.2, -0.15) is 0 Å². The molecule has 0 spiro atoms. The number of rotatable bonds is 3. The molecule has 0 heterocycles. The number of nitrogens with one attached hydrogen (secondary N) is 1. The summed E-state index contributed by atoms with van der Waals surface area (Å²) in [5.41, 5.74) is 0.974. The van der Waals surface area contributed by atoms with Crippen molar-refractivity contribution in [3.8, 4) is 0 Å². The minimum absolute atomic E-state index is 0.0424. The molecule has 0 aromatic heterocycles. The number of aryl methyl sites for hydroxylation is 1. The van der Waals surface area contributed by atoms with Crippen LogP contribution in [0.3, 0.4) is 0 Å². The molecule has 14 heavy (non-hydrogen) atoms. The molecule has 1 unspecified atom stereocenters. The summed E-state index contributed by atoms with van der Waals surface area (Å²) in [6.45, 7) is 2.05. The number of aliphatic hydroxyl groups excluding tert-OH is 1. The van der Waals surface area contributed by atoms with Gasteiger partial charge in [0.1, 0.15) is 5.82 Å². The van der Waals surface area contributed by atoms with Gasteiger partial charge in [0.05, 0.1) is 11.1 Å². The fraction of sp³-hybridized carbons (Fsp3) is 0.400. The van der Waals surface area contributed by atoms with Crippen molar-refractivity contribution < 1.29 is 9.50 Å². The Hall–Kier alpha value is -0.640. The van der Waals surface area contributed by atoms with Gasteiger partial charge in [0.15, 0.2) is 0 Å². The van der Waals surface area contributed by atoms with Crippen molar-refractivity contribution in [3.63, 3.8) is 0 Å². The van der Waals surface area contributed by atoms with Gasteiger partial charge < -0.3 is 10.4 Å². The van der Waals surface area contributed by atoms with Gasteiger partial charge in [0.25, 0.3) is 0 Å². The van der Waals surface area contributed by atoms with Crippen LogP contribution in [0.25, 0.3) is 0 Å². The predicted molar refractivity (Wildman–Crippen MR) is 55.0 cm³/mol. The van der Waals surface area contributed by atoms with Crippen LogP contribution < -0.4 is 5.32 Å². The summed E-state index contributed by atoms with van der Waals surface area (Å²) in [6.07, 6.45) is -0.862. The number of benzene rings is 1. The van der Waals surface area contributed by atoms with Crippen molar-refractivity contribution in [2.75, 3.05) is 13.6 Å². The minimum atomic E-state index is -0.862. The van der Waals surface area contributed by atoms with Crippen molar-refractivity contribution in [1.82, 2.24) is 5.32 Å². The second-order valence-electron chi connectivity index (χ2n) is 3.17. The van der Waals surface area contributed by atoms with Gasteiger partial charge >= 0.3 is 0 Å². The van der Waals surface area contributed by atoms with Crippen molar-refractivity contribution in [1.29, 1.82) is 0 Å². The van der Waals surface area contributed by atoms with Gasteiger partial charge in [-0.3, -0.25) is 0 Å². The quantitative estimate of drug-likeness (QED) is 0.812. The van der Waals surface area contributed by atoms with Crippen LogP contribution in [0.2, 0.25) is 5.02 Å². The summed E-state index contributed by atoms with van der Waals surface area (Å²) < 4.78 is 13.5. The molecule has 2 N–H and O–H groups in total. The molecule has 4 heteroatoms. The highest BCUT2D eigenvalue weighted by atomic mass is 35.5. The topological polar surface area (TPSA) is 32.3 Å². The maximum absolute atomic E-state index is 13.5. The Morgan fingerprint density at radius 1 is 1.57 bits per heavy atom. The molecule has 0 amide bonds. The Kier molecular flexibility index (Phi) is 3.86. The van der Waals surface area contributed by atoms with Crippen molar-refractivity contribution in [2.45, 2.75) is 13.0 Å². The summed E-state index contributed by atoms with van der Waals surface area (Å²) in [7, 11) is 1.70. The molecule has 1 aromatic carbocycles. The average Bonchev–Trinajstić information content (AvgIpc) is 2.13. The summed E-state index contributed by atoms with van der Waals surface area (Å²) in [5, 5.41) is 12.5. The molecule has 0 aliphatic rings. The van der Waals surface area contributed by atoms with Crippen LogP contribution in [-0.2, 0) is 0 Å². The van der Waals surface area contributed by atoms with Crippen molar-refractivity contribution >= 4 is 11.6 Å². The lowest BCUT2D eigenvalue weighted by Gasteiger charge is -2.14. The Labute approximate surface area is 87.7 Å². The first-order valence-electron chi connectivity index (χ1n) is 4.35. The lowest BCUT2D eigenvalue weighted by molar-refractivity contribution is 0.172. The van der Waals surface area contributed by atoms with Gasteiger partial charge in [0, 0.05) is 12.1 Å². The third-order valence-corrected chi connectivity index (χ3v) is 2.37. The molecule has 0 fully saturated rings. The molecule has 2 nitrogen and oxygen atoms in total. The lowest BCUT2D eigenvalue weighted by atomic mass is 10.0. The van der Waals surface area contributed by atoms with Gasteiger partial charge in [0.2, 0.25) is 0 Å². The maximum Gasteiger partial charge on any atom is 0.147 e. The van der Waals surface area contributed by atoms with Crippen LogP contribution in [0.15, 0.2) is 12.1 Å². The third-order valence-electron chi connectivity index (χ3n) is 2.08. The highest BCUT2D eigenvalue weighted by Gasteiger charge is 2.16. The molecular formula is C10H13ClFNO. The summed E-state index contributed by atoms with van der Waals surface area (Å²) in [5.74, 6) is -0.533. The first kappa shape index (κ1) is 11.4. The number of likely N-dealkylation sites (N-methyl/N-ethyl adjacent to an activating group) is 1. The molecule has 0 bridgehead atoms. The van der Waals surface area contributed by atoms with Crippen molar-refractivity contribution in [2.24, 2.45) is 0 Å². The van der Waals surface area contributed by atoms with E-state index in [-0.39, 0.29) is 10.6 Å². The molecular weight excluding hydrogens is 205 g/mol. The van der Waals surface area contributed by atoms with E-state index in [2.05, 4.69) is 5.32 Å². The maximum atomic E-state index is 13.5. The van der Waals surface area contributed by atoms with Crippen molar-refractivity contribution in [3.05, 3.63) is 34.1 Å². The van der Waals surface area contributed by atoms with E-state index in [1.165, 1.54) is 6.07 Å². The van der Waals surface area contributed by atoms with Gasteiger partial charge in [-0.05, 0) is 25.6 Å². The van der Waals surface area contributed by atoms with E-state index in [4.69, 9.17) is 11.6 Å². The molecule has 0 aliphatic heterocycles. The fourth-order valence-corrected chi connectivity index (χ4v) is 1.53. The molecule has 0 aliphatic carbocycles. The predicted octanol–water partition coefficient (Wildman–Crippen LogP) is 2.04. The van der Waals surface area contributed by atoms with E-state index < -0.39 is 11.9 Å². The van der Waals surface area contributed by atoms with Crippen LogP contribution in [0.1, 0.15) is 17.2 Å². The average molecular weight is 218 g/mol. The van der Waals surface area contributed by atoms with E-state index in [0.717, 1.165) is 0 Å². The Balaban J connectivity index is 3.11. The summed E-state index contributed by atoms with van der Waals surface area (Å²) >= 11 is 5.62. The molecule has 0 saturated heterocycles. The number of hydrogen-bond donors (Lipinski definition) is 2. The van der Waals surface area contributed by atoms with E-state index >= 15 is 0 Å². The van der Waals surface area contributed by atoms with Crippen LogP contribution >= 0.6 is 11.6 Å². The molecule has 78 valence electrons. The zero-order valence-electron chi connectivity index (χ0n) is 8.14. The molecule has 0 radical (unpaired) electrons. The van der Waals surface area contributed by atoms with E-state index in [1.807, 2.05) is 0 Å². The standard InChI is InChI=1S/C10H13ClFNO/c1-6-3-4-7(11)10(12)9(6)8(14)5-13-2/h3-4,8,13-14H,5H2,1-2H3. The highest BCUT2D eigenvalue weighted by Crippen LogP contribution is 2.26. The van der Waals surface area contributed by atoms with Gasteiger partial charge in [-0.1, -0.05) is 17.7 Å². The first-order valence-corrected chi connectivity index (χ1v) is 4.73.